The Morgan fingerprint density at radius 2 is 2.24 bits per heavy atom. The molecule has 0 saturated heterocycles. The van der Waals surface area contributed by atoms with Crippen molar-refractivity contribution in [3.05, 3.63) is 23.3 Å². The Kier molecular flexibility index (Phi) is 3.24. The summed E-state index contributed by atoms with van der Waals surface area (Å²) in [5.41, 5.74) is 7.92. The third kappa shape index (κ3) is 2.36. The van der Waals surface area contributed by atoms with Crippen molar-refractivity contribution in [2.75, 3.05) is 13.9 Å². The molecule has 0 amide bonds. The number of hydrogen-bond donors (Lipinski definition) is 1. The van der Waals surface area contributed by atoms with Gasteiger partial charge in [-0.2, -0.15) is 0 Å². The minimum absolute atomic E-state index is 0.0337. The predicted molar refractivity (Wildman–Crippen MR) is 66.4 cm³/mol. The number of hydrogen-bond acceptors (Lipinski definition) is 4. The first kappa shape index (κ1) is 11.8. The summed E-state index contributed by atoms with van der Waals surface area (Å²) in [7, 11) is 1.61. The van der Waals surface area contributed by atoms with Gasteiger partial charge in [0.1, 0.15) is 0 Å². The number of methoxy groups -OCH3 is 1. The van der Waals surface area contributed by atoms with Gasteiger partial charge in [-0.1, -0.05) is 11.6 Å². The highest BCUT2D eigenvalue weighted by atomic mass is 16.7. The van der Waals surface area contributed by atoms with Crippen molar-refractivity contribution in [1.82, 2.24) is 0 Å². The molecule has 1 aliphatic heterocycles. The largest absolute Gasteiger partial charge is 0.493 e. The fraction of sp³-hybridized carbons (Fsp3) is 0.385. The van der Waals surface area contributed by atoms with E-state index in [4.69, 9.17) is 19.9 Å². The molecule has 0 spiro atoms. The van der Waals surface area contributed by atoms with Crippen molar-refractivity contribution < 1.29 is 14.2 Å². The number of benzene rings is 1. The Hall–Kier alpha value is -1.68. The molecule has 1 heterocycles. The molecule has 0 aromatic heterocycles. The predicted octanol–water partition coefficient (Wildman–Crippen LogP) is 2.17. The molecule has 4 nitrogen and oxygen atoms in total. The van der Waals surface area contributed by atoms with Crippen LogP contribution in [0.4, 0.5) is 0 Å². The molecule has 17 heavy (non-hydrogen) atoms. The fourth-order valence-corrected chi connectivity index (χ4v) is 1.63. The molecular weight excluding hydrogens is 218 g/mol. The van der Waals surface area contributed by atoms with Gasteiger partial charge in [0.25, 0.3) is 0 Å². The molecule has 1 unspecified atom stereocenters. The van der Waals surface area contributed by atoms with Crippen LogP contribution in [0.15, 0.2) is 17.7 Å². The van der Waals surface area contributed by atoms with Crippen molar-refractivity contribution in [2.45, 2.75) is 19.9 Å². The molecule has 0 saturated carbocycles. The second kappa shape index (κ2) is 4.67. The quantitative estimate of drug-likeness (QED) is 0.872. The first-order chi connectivity index (χ1) is 8.11. The normalized spacial score (nSPS) is 15.9. The lowest BCUT2D eigenvalue weighted by Crippen LogP contribution is -2.15. The van der Waals surface area contributed by atoms with Crippen molar-refractivity contribution in [2.24, 2.45) is 5.73 Å². The molecule has 0 radical (unpaired) electrons. The van der Waals surface area contributed by atoms with E-state index in [9.17, 15) is 0 Å². The lowest BCUT2D eigenvalue weighted by molar-refractivity contribution is 0.171. The van der Waals surface area contributed by atoms with Crippen molar-refractivity contribution in [3.63, 3.8) is 0 Å². The van der Waals surface area contributed by atoms with E-state index < -0.39 is 0 Å². The molecule has 0 aliphatic carbocycles. The highest BCUT2D eigenvalue weighted by Crippen LogP contribution is 2.42. The summed E-state index contributed by atoms with van der Waals surface area (Å²) in [4.78, 5) is 0. The minimum Gasteiger partial charge on any atom is -0.493 e. The third-order valence-corrected chi connectivity index (χ3v) is 2.79. The second-order valence-electron chi connectivity index (χ2n) is 4.13. The molecule has 2 rings (SSSR count). The summed E-state index contributed by atoms with van der Waals surface area (Å²) in [6, 6.07) is 3.88. The summed E-state index contributed by atoms with van der Waals surface area (Å²) in [6.07, 6.45) is 2.02. The molecular formula is C13H17NO3. The summed E-state index contributed by atoms with van der Waals surface area (Å²) in [5.74, 6) is 2.07. The molecule has 1 atom stereocenters. The van der Waals surface area contributed by atoms with Crippen LogP contribution in [0.5, 0.6) is 17.2 Å². The Morgan fingerprint density at radius 1 is 1.47 bits per heavy atom. The van der Waals surface area contributed by atoms with Gasteiger partial charge in [-0.15, -0.1) is 0 Å². The topological polar surface area (TPSA) is 53.7 Å². The maximum absolute atomic E-state index is 5.81. The van der Waals surface area contributed by atoms with Gasteiger partial charge in [-0.25, -0.2) is 0 Å². The van der Waals surface area contributed by atoms with Crippen LogP contribution in [0.25, 0.3) is 6.08 Å². The van der Waals surface area contributed by atoms with Crippen molar-refractivity contribution in [1.29, 1.82) is 0 Å². The maximum Gasteiger partial charge on any atom is 0.231 e. The Morgan fingerprint density at radius 3 is 2.88 bits per heavy atom. The zero-order chi connectivity index (χ0) is 12.4. The summed E-state index contributed by atoms with van der Waals surface area (Å²) >= 11 is 0. The molecule has 1 aromatic rings. The first-order valence-corrected chi connectivity index (χ1v) is 5.53. The van der Waals surface area contributed by atoms with Crippen LogP contribution in [-0.4, -0.2) is 19.9 Å². The van der Waals surface area contributed by atoms with Gasteiger partial charge in [0.2, 0.25) is 12.5 Å². The smallest absolute Gasteiger partial charge is 0.231 e. The van der Waals surface area contributed by atoms with Crippen molar-refractivity contribution >= 4 is 6.08 Å². The maximum atomic E-state index is 5.81. The highest BCUT2D eigenvalue weighted by Gasteiger charge is 2.19. The van der Waals surface area contributed by atoms with Crippen LogP contribution >= 0.6 is 0 Å². The van der Waals surface area contributed by atoms with Gasteiger partial charge >= 0.3 is 0 Å². The van der Waals surface area contributed by atoms with E-state index in [1.165, 1.54) is 0 Å². The van der Waals surface area contributed by atoms with Gasteiger partial charge in [-0.05, 0) is 31.5 Å². The van der Waals surface area contributed by atoms with Crippen LogP contribution in [-0.2, 0) is 0 Å². The van der Waals surface area contributed by atoms with E-state index in [0.717, 1.165) is 11.1 Å². The first-order valence-electron chi connectivity index (χ1n) is 5.53. The highest BCUT2D eigenvalue weighted by molar-refractivity contribution is 5.64. The summed E-state index contributed by atoms with van der Waals surface area (Å²) in [6.45, 7) is 4.20. The molecule has 0 bridgehead atoms. The average molecular weight is 235 g/mol. The minimum atomic E-state index is 0.0337. The Balaban J connectivity index is 2.40. The average Bonchev–Trinajstić information content (AvgIpc) is 2.75. The third-order valence-electron chi connectivity index (χ3n) is 2.79. The van der Waals surface area contributed by atoms with E-state index in [1.807, 2.05) is 32.1 Å². The summed E-state index contributed by atoms with van der Waals surface area (Å²) in [5, 5.41) is 0. The standard InChI is InChI=1S/C13H17NO3/c1-8(9(2)14)4-10-5-11(15-3)13-12(6-10)16-7-17-13/h4-6,9H,7,14H2,1-3H3/b8-4-. The van der Waals surface area contributed by atoms with E-state index in [-0.39, 0.29) is 12.8 Å². The molecule has 1 aliphatic rings. The zero-order valence-electron chi connectivity index (χ0n) is 10.3. The van der Waals surface area contributed by atoms with Crippen LogP contribution in [0, 0.1) is 0 Å². The Labute approximate surface area is 101 Å². The van der Waals surface area contributed by atoms with Crippen LogP contribution in [0.2, 0.25) is 0 Å². The van der Waals surface area contributed by atoms with Crippen LogP contribution in [0.1, 0.15) is 19.4 Å². The van der Waals surface area contributed by atoms with E-state index in [2.05, 4.69) is 0 Å². The zero-order valence-corrected chi connectivity index (χ0v) is 10.3. The second-order valence-corrected chi connectivity index (χ2v) is 4.13. The Bertz CT molecular complexity index is 452. The SMILES string of the molecule is COc1cc(/C=C(/C)C(C)N)cc2c1OCO2. The molecule has 1 aromatic carbocycles. The van der Waals surface area contributed by atoms with Gasteiger partial charge < -0.3 is 19.9 Å². The fourth-order valence-electron chi connectivity index (χ4n) is 1.63. The van der Waals surface area contributed by atoms with Crippen molar-refractivity contribution in [3.8, 4) is 17.2 Å². The monoisotopic (exact) mass is 235 g/mol. The van der Waals surface area contributed by atoms with Gasteiger partial charge in [0, 0.05) is 6.04 Å². The summed E-state index contributed by atoms with van der Waals surface area (Å²) < 4.78 is 16.0. The molecule has 92 valence electrons. The van der Waals surface area contributed by atoms with E-state index >= 15 is 0 Å². The molecule has 2 N–H and O–H groups in total. The van der Waals surface area contributed by atoms with E-state index in [0.29, 0.717) is 17.2 Å². The van der Waals surface area contributed by atoms with Crippen LogP contribution in [0.3, 0.4) is 0 Å². The van der Waals surface area contributed by atoms with E-state index in [1.54, 1.807) is 7.11 Å². The number of rotatable bonds is 3. The number of fused-ring (bicyclic) bond motifs is 1. The molecule has 0 fully saturated rings. The lowest BCUT2D eigenvalue weighted by atomic mass is 10.1. The number of ether oxygens (including phenoxy) is 3. The van der Waals surface area contributed by atoms with Gasteiger partial charge in [0.15, 0.2) is 11.5 Å². The van der Waals surface area contributed by atoms with Crippen LogP contribution < -0.4 is 19.9 Å². The van der Waals surface area contributed by atoms with Gasteiger partial charge in [-0.3, -0.25) is 0 Å². The number of nitrogens with two attached hydrogens (primary N) is 1. The molecule has 4 heteroatoms. The lowest BCUT2D eigenvalue weighted by Gasteiger charge is -2.08. The van der Waals surface area contributed by atoms with Gasteiger partial charge in [0.05, 0.1) is 7.11 Å².